The van der Waals surface area contributed by atoms with Gasteiger partial charge in [0.25, 0.3) is 0 Å². The molecule has 20 heavy (non-hydrogen) atoms. The number of unbranched alkanes of at least 4 members (excludes halogenated alkanes) is 5. The summed E-state index contributed by atoms with van der Waals surface area (Å²) in [5.41, 5.74) is 7.25. The average Bonchev–Trinajstić information content (AvgIpc) is 2.39. The third-order valence-corrected chi connectivity index (χ3v) is 6.57. The first-order valence-electron chi connectivity index (χ1n) is 8.99. The van der Waals surface area contributed by atoms with E-state index in [1.165, 1.54) is 70.6 Å². The fourth-order valence-corrected chi connectivity index (χ4v) is 5.88. The smallest absolute Gasteiger partial charge is 0.0124 e. The molecule has 118 valence electrons. The summed E-state index contributed by atoms with van der Waals surface area (Å²) < 4.78 is 0. The lowest BCUT2D eigenvalue weighted by Crippen LogP contribution is -2.59. The van der Waals surface area contributed by atoms with E-state index in [2.05, 4.69) is 6.92 Å². The summed E-state index contributed by atoms with van der Waals surface area (Å²) in [6.45, 7) is 2.30. The van der Waals surface area contributed by atoms with E-state index in [0.29, 0.717) is 11.5 Å². The van der Waals surface area contributed by atoms with Gasteiger partial charge in [-0.1, -0.05) is 45.4 Å². The van der Waals surface area contributed by atoms with Gasteiger partial charge < -0.3 is 5.73 Å². The molecule has 0 aliphatic heterocycles. The molecule has 4 aliphatic carbocycles. The van der Waals surface area contributed by atoms with Crippen LogP contribution in [0.15, 0.2) is 0 Å². The first-order chi connectivity index (χ1) is 9.23. The lowest BCUT2D eigenvalue weighted by molar-refractivity contribution is -0.0773. The molecule has 4 saturated carbocycles. The molecule has 5 atom stereocenters. The molecule has 0 saturated heterocycles. The third-order valence-electron chi connectivity index (χ3n) is 6.57. The molecule has 3 unspecified atom stereocenters. The quantitative estimate of drug-likeness (QED) is 0.633. The molecule has 4 bridgehead atoms. The summed E-state index contributed by atoms with van der Waals surface area (Å²) >= 11 is 0. The maximum Gasteiger partial charge on any atom is 0.0124 e. The molecule has 0 amide bonds. The van der Waals surface area contributed by atoms with Crippen molar-refractivity contribution in [2.45, 2.75) is 90.0 Å². The normalized spacial score (nSPS) is 41.7. The van der Waals surface area contributed by atoms with Gasteiger partial charge in [-0.25, -0.2) is 0 Å². The Hall–Kier alpha value is 0.250. The minimum Gasteiger partial charge on any atom is -0.327 e. The standard InChI is InChI=1S/C18H33N.ClH/c1-2-3-4-5-6-7-8-18-12-14-9-15(13-18)11-16(10-14)17(18)19;/h14-17H,2-13,19H2,1H3;1H/t14-,15+,16?,17?,18?;. The summed E-state index contributed by atoms with van der Waals surface area (Å²) in [6.07, 6.45) is 17.5. The van der Waals surface area contributed by atoms with Gasteiger partial charge in [-0.15, -0.1) is 12.4 Å². The van der Waals surface area contributed by atoms with Gasteiger partial charge in [0.15, 0.2) is 0 Å². The van der Waals surface area contributed by atoms with Gasteiger partial charge in [-0.05, 0) is 61.7 Å². The SMILES string of the molecule is CCCCCCCCC12C[C@@H]3CC(C[C@@H](C3)C1)C2N.Cl. The van der Waals surface area contributed by atoms with E-state index in [-0.39, 0.29) is 12.4 Å². The largest absolute Gasteiger partial charge is 0.327 e. The Morgan fingerprint density at radius 2 is 1.50 bits per heavy atom. The molecule has 4 fully saturated rings. The van der Waals surface area contributed by atoms with Crippen LogP contribution in [0, 0.1) is 23.2 Å². The van der Waals surface area contributed by atoms with Gasteiger partial charge in [0.1, 0.15) is 0 Å². The van der Waals surface area contributed by atoms with Crippen LogP contribution in [0.3, 0.4) is 0 Å². The van der Waals surface area contributed by atoms with Crippen molar-refractivity contribution in [2.24, 2.45) is 28.9 Å². The highest BCUT2D eigenvalue weighted by Gasteiger charge is 2.54. The molecule has 4 rings (SSSR count). The van der Waals surface area contributed by atoms with Crippen molar-refractivity contribution < 1.29 is 0 Å². The minimum atomic E-state index is 0. The highest BCUT2D eigenvalue weighted by atomic mass is 35.5. The fraction of sp³-hybridized carbons (Fsp3) is 1.00. The van der Waals surface area contributed by atoms with Crippen LogP contribution in [0.2, 0.25) is 0 Å². The topological polar surface area (TPSA) is 26.0 Å². The second kappa shape index (κ2) is 7.01. The van der Waals surface area contributed by atoms with Crippen LogP contribution in [-0.4, -0.2) is 6.04 Å². The predicted molar refractivity (Wildman–Crippen MR) is 89.2 cm³/mol. The molecule has 0 heterocycles. The van der Waals surface area contributed by atoms with Crippen LogP contribution in [-0.2, 0) is 0 Å². The average molecular weight is 300 g/mol. The van der Waals surface area contributed by atoms with Crippen molar-refractivity contribution in [1.29, 1.82) is 0 Å². The monoisotopic (exact) mass is 299 g/mol. The third kappa shape index (κ3) is 3.19. The van der Waals surface area contributed by atoms with Crippen LogP contribution in [0.5, 0.6) is 0 Å². The summed E-state index contributed by atoms with van der Waals surface area (Å²) in [6, 6.07) is 0.552. The van der Waals surface area contributed by atoms with E-state index < -0.39 is 0 Å². The van der Waals surface area contributed by atoms with E-state index in [0.717, 1.165) is 17.8 Å². The molecule has 0 aromatic rings. The fourth-order valence-electron chi connectivity index (χ4n) is 5.88. The number of hydrogen-bond acceptors (Lipinski definition) is 1. The molecule has 0 aromatic carbocycles. The molecule has 0 aromatic heterocycles. The number of hydrogen-bond donors (Lipinski definition) is 1. The number of halogens is 1. The molecule has 1 nitrogen and oxygen atoms in total. The van der Waals surface area contributed by atoms with Crippen LogP contribution in [0.1, 0.15) is 84.0 Å². The first-order valence-corrected chi connectivity index (χ1v) is 8.99. The first kappa shape index (κ1) is 16.6. The molecule has 0 radical (unpaired) electrons. The summed E-state index contributed by atoms with van der Waals surface area (Å²) in [4.78, 5) is 0. The lowest BCUT2D eigenvalue weighted by Gasteiger charge is -2.60. The molecular formula is C18H34ClN. The van der Waals surface area contributed by atoms with Crippen LogP contribution in [0.4, 0.5) is 0 Å². The van der Waals surface area contributed by atoms with Crippen molar-refractivity contribution in [3.63, 3.8) is 0 Å². The summed E-state index contributed by atoms with van der Waals surface area (Å²) in [5.74, 6) is 3.00. The Morgan fingerprint density at radius 3 is 2.15 bits per heavy atom. The van der Waals surface area contributed by atoms with Crippen molar-refractivity contribution >= 4 is 12.4 Å². The Balaban J connectivity index is 0.00000147. The second-order valence-corrected chi connectivity index (χ2v) is 8.01. The van der Waals surface area contributed by atoms with Crippen molar-refractivity contribution in [1.82, 2.24) is 0 Å². The van der Waals surface area contributed by atoms with E-state index >= 15 is 0 Å². The van der Waals surface area contributed by atoms with Gasteiger partial charge in [0.05, 0.1) is 0 Å². The lowest BCUT2D eigenvalue weighted by atomic mass is 9.46. The second-order valence-electron chi connectivity index (χ2n) is 8.01. The highest BCUT2D eigenvalue weighted by Crippen LogP contribution is 2.61. The van der Waals surface area contributed by atoms with Crippen LogP contribution >= 0.6 is 12.4 Å². The van der Waals surface area contributed by atoms with Crippen LogP contribution in [0.25, 0.3) is 0 Å². The molecule has 2 N–H and O–H groups in total. The number of nitrogens with two attached hydrogens (primary N) is 1. The van der Waals surface area contributed by atoms with Crippen LogP contribution < -0.4 is 5.73 Å². The molecule has 2 heteroatoms. The van der Waals surface area contributed by atoms with Gasteiger partial charge >= 0.3 is 0 Å². The Kier molecular flexibility index (Phi) is 5.82. The summed E-state index contributed by atoms with van der Waals surface area (Å²) in [5, 5.41) is 0. The van der Waals surface area contributed by atoms with Gasteiger partial charge in [-0.2, -0.15) is 0 Å². The summed E-state index contributed by atoms with van der Waals surface area (Å²) in [7, 11) is 0. The van der Waals surface area contributed by atoms with Gasteiger partial charge in [0.2, 0.25) is 0 Å². The molecule has 4 aliphatic rings. The zero-order valence-electron chi connectivity index (χ0n) is 13.3. The van der Waals surface area contributed by atoms with Crippen molar-refractivity contribution in [3.05, 3.63) is 0 Å². The van der Waals surface area contributed by atoms with E-state index in [1.807, 2.05) is 0 Å². The van der Waals surface area contributed by atoms with Crippen molar-refractivity contribution in [3.8, 4) is 0 Å². The Labute approximate surface area is 131 Å². The van der Waals surface area contributed by atoms with E-state index in [4.69, 9.17) is 5.73 Å². The zero-order valence-corrected chi connectivity index (χ0v) is 14.1. The Bertz CT molecular complexity index is 290. The maximum atomic E-state index is 6.66. The van der Waals surface area contributed by atoms with E-state index in [9.17, 15) is 0 Å². The van der Waals surface area contributed by atoms with Crippen molar-refractivity contribution in [2.75, 3.05) is 0 Å². The molecule has 0 spiro atoms. The Morgan fingerprint density at radius 1 is 0.900 bits per heavy atom. The zero-order chi connectivity index (χ0) is 13.3. The minimum absolute atomic E-state index is 0. The molecular weight excluding hydrogens is 266 g/mol. The maximum absolute atomic E-state index is 6.66. The predicted octanol–water partition coefficient (Wildman–Crippen LogP) is 5.31. The highest BCUT2D eigenvalue weighted by molar-refractivity contribution is 5.85. The van der Waals surface area contributed by atoms with Gasteiger partial charge in [-0.3, -0.25) is 0 Å². The number of rotatable bonds is 7. The van der Waals surface area contributed by atoms with Gasteiger partial charge in [0, 0.05) is 6.04 Å². The van der Waals surface area contributed by atoms with E-state index in [1.54, 1.807) is 6.42 Å².